The number of likely N-dealkylation sites (N-methyl/N-ethyl adjacent to an activating group) is 1. The number of nitrogens with zero attached hydrogens (tertiary/aromatic N) is 2. The Hall–Kier alpha value is -1.50. The molecular weight excluding hydrogens is 327 g/mol. The number of sulfonamides is 1. The smallest absolute Gasteiger partial charge is 0.246 e. The van der Waals surface area contributed by atoms with E-state index in [1.54, 1.807) is 19.3 Å². The van der Waals surface area contributed by atoms with Crippen molar-refractivity contribution in [3.63, 3.8) is 0 Å². The molecule has 0 saturated heterocycles. The van der Waals surface area contributed by atoms with Crippen LogP contribution in [0.15, 0.2) is 47.6 Å². The van der Waals surface area contributed by atoms with E-state index in [1.807, 2.05) is 12.1 Å². The van der Waals surface area contributed by atoms with Crippen molar-refractivity contribution in [3.05, 3.63) is 59.1 Å². The molecule has 118 valence electrons. The second-order valence-corrected chi connectivity index (χ2v) is 7.02. The lowest BCUT2D eigenvalue weighted by atomic mass is 10.2. The van der Waals surface area contributed by atoms with E-state index < -0.39 is 20.7 Å². The van der Waals surface area contributed by atoms with Crippen molar-refractivity contribution in [3.8, 4) is 0 Å². The molecule has 0 bridgehead atoms. The van der Waals surface area contributed by atoms with E-state index in [9.17, 15) is 12.8 Å². The lowest BCUT2D eigenvalue weighted by Gasteiger charge is -2.21. The molecule has 2 aromatic rings. The van der Waals surface area contributed by atoms with Gasteiger partial charge in [-0.15, -0.1) is 0 Å². The van der Waals surface area contributed by atoms with Gasteiger partial charge in [-0.1, -0.05) is 18.5 Å². The molecular formula is C15H16ClFN2O2S. The second-order valence-electron chi connectivity index (χ2n) is 4.68. The molecule has 0 saturated carbocycles. The summed E-state index contributed by atoms with van der Waals surface area (Å²) in [5.74, 6) is -0.799. The number of benzene rings is 1. The van der Waals surface area contributed by atoms with Gasteiger partial charge in [0.05, 0.1) is 0 Å². The fourth-order valence-corrected chi connectivity index (χ4v) is 3.84. The van der Waals surface area contributed by atoms with E-state index in [1.165, 1.54) is 10.4 Å². The van der Waals surface area contributed by atoms with Gasteiger partial charge in [-0.3, -0.25) is 4.98 Å². The molecule has 0 fully saturated rings. The number of aromatic nitrogens is 1. The van der Waals surface area contributed by atoms with E-state index in [4.69, 9.17) is 11.6 Å². The molecule has 0 amide bonds. The summed E-state index contributed by atoms with van der Waals surface area (Å²) < 4.78 is 40.2. The monoisotopic (exact) mass is 342 g/mol. The molecule has 0 aliphatic heterocycles. The van der Waals surface area contributed by atoms with Crippen LogP contribution < -0.4 is 0 Å². The van der Waals surface area contributed by atoms with Gasteiger partial charge in [-0.2, -0.15) is 4.31 Å². The highest BCUT2D eigenvalue weighted by atomic mass is 35.5. The SMILES string of the molecule is CCN(CCc1ccncc1)S(=O)(=O)c1cc(Cl)ccc1F. The summed E-state index contributed by atoms with van der Waals surface area (Å²) >= 11 is 5.79. The Morgan fingerprint density at radius 1 is 1.23 bits per heavy atom. The van der Waals surface area contributed by atoms with Crippen molar-refractivity contribution in [2.75, 3.05) is 13.1 Å². The summed E-state index contributed by atoms with van der Waals surface area (Å²) in [6, 6.07) is 7.16. The Morgan fingerprint density at radius 2 is 1.91 bits per heavy atom. The Labute approximate surface area is 134 Å². The first kappa shape index (κ1) is 16.9. The van der Waals surface area contributed by atoms with Crippen LogP contribution in [0.5, 0.6) is 0 Å². The quantitative estimate of drug-likeness (QED) is 0.810. The first-order valence-corrected chi connectivity index (χ1v) is 8.61. The molecule has 0 radical (unpaired) electrons. The summed E-state index contributed by atoms with van der Waals surface area (Å²) in [6.45, 7) is 2.22. The van der Waals surface area contributed by atoms with Crippen molar-refractivity contribution in [2.24, 2.45) is 0 Å². The van der Waals surface area contributed by atoms with E-state index in [-0.39, 0.29) is 18.1 Å². The maximum Gasteiger partial charge on any atom is 0.246 e. The first-order chi connectivity index (χ1) is 10.4. The molecule has 1 heterocycles. The largest absolute Gasteiger partial charge is 0.265 e. The molecule has 22 heavy (non-hydrogen) atoms. The summed E-state index contributed by atoms with van der Waals surface area (Å²) in [7, 11) is -3.92. The second kappa shape index (κ2) is 7.17. The minimum absolute atomic E-state index is 0.185. The van der Waals surface area contributed by atoms with Crippen molar-refractivity contribution in [1.29, 1.82) is 0 Å². The molecule has 0 atom stereocenters. The highest BCUT2D eigenvalue weighted by Gasteiger charge is 2.26. The Bertz CT molecular complexity index is 738. The predicted octanol–water partition coefficient (Wildman–Crippen LogP) is 3.13. The standard InChI is InChI=1S/C15H16ClFN2O2S/c1-2-19(10-7-12-5-8-18-9-6-12)22(20,21)15-11-13(16)3-4-14(15)17/h3-6,8-9,11H,2,7,10H2,1H3. The molecule has 0 spiro atoms. The van der Waals surface area contributed by atoms with Gasteiger partial charge in [0.25, 0.3) is 0 Å². The van der Waals surface area contributed by atoms with Gasteiger partial charge in [0.2, 0.25) is 10.0 Å². The third-order valence-electron chi connectivity index (χ3n) is 3.26. The van der Waals surface area contributed by atoms with Gasteiger partial charge < -0.3 is 0 Å². The third kappa shape index (κ3) is 3.82. The summed E-state index contributed by atoms with van der Waals surface area (Å²) in [4.78, 5) is 3.52. The Kier molecular flexibility index (Phi) is 5.50. The van der Waals surface area contributed by atoms with E-state index >= 15 is 0 Å². The van der Waals surface area contributed by atoms with Crippen molar-refractivity contribution in [1.82, 2.24) is 9.29 Å². The molecule has 0 unspecified atom stereocenters. The van der Waals surface area contributed by atoms with Gasteiger partial charge >= 0.3 is 0 Å². The molecule has 0 N–H and O–H groups in total. The van der Waals surface area contributed by atoms with Crippen LogP contribution in [0.25, 0.3) is 0 Å². The van der Waals surface area contributed by atoms with E-state index in [2.05, 4.69) is 4.98 Å². The molecule has 0 aliphatic rings. The topological polar surface area (TPSA) is 50.3 Å². The summed E-state index contributed by atoms with van der Waals surface area (Å²) in [5.41, 5.74) is 0.968. The molecule has 1 aromatic heterocycles. The van der Waals surface area contributed by atoms with Crippen molar-refractivity contribution in [2.45, 2.75) is 18.2 Å². The zero-order valence-electron chi connectivity index (χ0n) is 12.0. The minimum atomic E-state index is -3.92. The maximum atomic E-state index is 13.9. The Morgan fingerprint density at radius 3 is 2.55 bits per heavy atom. The number of rotatable bonds is 6. The van der Waals surface area contributed by atoms with Crippen molar-refractivity contribution >= 4 is 21.6 Å². The number of hydrogen-bond donors (Lipinski definition) is 0. The highest BCUT2D eigenvalue weighted by Crippen LogP contribution is 2.23. The van der Waals surface area contributed by atoms with E-state index in [0.29, 0.717) is 6.42 Å². The fourth-order valence-electron chi connectivity index (χ4n) is 2.07. The van der Waals surface area contributed by atoms with Crippen LogP contribution in [0.4, 0.5) is 4.39 Å². The van der Waals surface area contributed by atoms with Crippen LogP contribution in [0, 0.1) is 5.82 Å². The summed E-state index contributed by atoms with van der Waals surface area (Å²) in [5, 5.41) is 0.185. The first-order valence-electron chi connectivity index (χ1n) is 6.79. The maximum absolute atomic E-state index is 13.9. The predicted molar refractivity (Wildman–Crippen MR) is 83.8 cm³/mol. The molecule has 4 nitrogen and oxygen atoms in total. The van der Waals surface area contributed by atoms with Crippen LogP contribution in [-0.4, -0.2) is 30.8 Å². The zero-order valence-corrected chi connectivity index (χ0v) is 13.6. The molecule has 7 heteroatoms. The van der Waals surface area contributed by atoms with Gasteiger partial charge in [0.1, 0.15) is 10.7 Å². The molecule has 0 aliphatic carbocycles. The highest BCUT2D eigenvalue weighted by molar-refractivity contribution is 7.89. The van der Waals surface area contributed by atoms with Crippen LogP contribution in [0.3, 0.4) is 0 Å². The van der Waals surface area contributed by atoms with E-state index in [0.717, 1.165) is 17.7 Å². The normalized spacial score (nSPS) is 11.8. The van der Waals surface area contributed by atoms with Gasteiger partial charge in [-0.05, 0) is 42.3 Å². The average molecular weight is 343 g/mol. The summed E-state index contributed by atoms with van der Waals surface area (Å²) in [6.07, 6.45) is 3.82. The van der Waals surface area contributed by atoms with Crippen LogP contribution in [0.2, 0.25) is 5.02 Å². The van der Waals surface area contributed by atoms with Crippen LogP contribution in [-0.2, 0) is 16.4 Å². The van der Waals surface area contributed by atoms with Gasteiger partial charge in [-0.25, -0.2) is 12.8 Å². The minimum Gasteiger partial charge on any atom is -0.265 e. The molecule has 1 aromatic carbocycles. The van der Waals surface area contributed by atoms with Crippen LogP contribution >= 0.6 is 11.6 Å². The zero-order chi connectivity index (χ0) is 16.2. The fraction of sp³-hybridized carbons (Fsp3) is 0.267. The average Bonchev–Trinajstić information content (AvgIpc) is 2.51. The van der Waals surface area contributed by atoms with Crippen LogP contribution in [0.1, 0.15) is 12.5 Å². The number of halogens is 2. The lowest BCUT2D eigenvalue weighted by molar-refractivity contribution is 0.426. The third-order valence-corrected chi connectivity index (χ3v) is 5.49. The van der Waals surface area contributed by atoms with Crippen molar-refractivity contribution < 1.29 is 12.8 Å². The number of pyridine rings is 1. The van der Waals surface area contributed by atoms with Gasteiger partial charge in [0, 0.05) is 30.5 Å². The number of hydrogen-bond acceptors (Lipinski definition) is 3. The Balaban J connectivity index is 2.23. The van der Waals surface area contributed by atoms with Gasteiger partial charge in [0.15, 0.2) is 0 Å². The lowest BCUT2D eigenvalue weighted by Crippen LogP contribution is -2.33. The molecule has 2 rings (SSSR count).